The standard InChI is InChI=1S/C24H29N3O5S/c1-15-10-16(2)13-26(12-15)33(30,31)19-8-9-21-22(11-19)32-24(29)27(21)14-23(28)25-20-7-5-6-17(3)18(20)4/h5-9,11,15-16H,10,12-14H2,1-4H3,(H,25,28). The van der Waals surface area contributed by atoms with Gasteiger partial charge in [0.05, 0.1) is 10.4 Å². The van der Waals surface area contributed by atoms with Crippen LogP contribution in [0.2, 0.25) is 0 Å². The molecule has 1 N–H and O–H groups in total. The first kappa shape index (κ1) is 23.3. The van der Waals surface area contributed by atoms with E-state index in [0.29, 0.717) is 24.3 Å². The number of aryl methyl sites for hydroxylation is 1. The van der Waals surface area contributed by atoms with Crippen molar-refractivity contribution in [1.82, 2.24) is 8.87 Å². The van der Waals surface area contributed by atoms with Crippen molar-refractivity contribution in [3.63, 3.8) is 0 Å². The third kappa shape index (κ3) is 4.60. The van der Waals surface area contributed by atoms with Crippen molar-refractivity contribution in [2.24, 2.45) is 11.8 Å². The number of carbonyl (C=O) groups is 1. The number of nitrogens with one attached hydrogen (secondary N) is 1. The van der Waals surface area contributed by atoms with Gasteiger partial charge in [0, 0.05) is 24.8 Å². The zero-order valence-electron chi connectivity index (χ0n) is 19.3. The molecular weight excluding hydrogens is 442 g/mol. The van der Waals surface area contributed by atoms with Crippen LogP contribution < -0.4 is 11.1 Å². The fourth-order valence-corrected chi connectivity index (χ4v) is 6.22. The first-order valence-corrected chi connectivity index (χ1v) is 12.5. The molecule has 3 aromatic rings. The molecule has 1 fully saturated rings. The molecular formula is C24H29N3O5S. The summed E-state index contributed by atoms with van der Waals surface area (Å²) in [6.45, 7) is 8.65. The number of hydrogen-bond acceptors (Lipinski definition) is 5. The summed E-state index contributed by atoms with van der Waals surface area (Å²) in [4.78, 5) is 25.2. The second-order valence-corrected chi connectivity index (χ2v) is 11.1. The lowest BCUT2D eigenvalue weighted by molar-refractivity contribution is -0.116. The molecule has 33 heavy (non-hydrogen) atoms. The zero-order chi connectivity index (χ0) is 23.9. The maximum absolute atomic E-state index is 13.2. The molecule has 0 bridgehead atoms. The van der Waals surface area contributed by atoms with Crippen LogP contribution in [0.1, 0.15) is 31.4 Å². The Morgan fingerprint density at radius 3 is 2.52 bits per heavy atom. The van der Waals surface area contributed by atoms with Crippen LogP contribution in [-0.2, 0) is 21.4 Å². The van der Waals surface area contributed by atoms with Gasteiger partial charge in [-0.2, -0.15) is 4.31 Å². The fraction of sp³-hybridized carbons (Fsp3) is 0.417. The van der Waals surface area contributed by atoms with Gasteiger partial charge in [0.2, 0.25) is 15.9 Å². The number of carbonyl (C=O) groups excluding carboxylic acids is 1. The van der Waals surface area contributed by atoms with E-state index in [1.54, 1.807) is 6.07 Å². The molecule has 0 saturated carbocycles. The van der Waals surface area contributed by atoms with E-state index in [4.69, 9.17) is 4.42 Å². The first-order valence-electron chi connectivity index (χ1n) is 11.1. The lowest BCUT2D eigenvalue weighted by atomic mass is 9.94. The number of aromatic nitrogens is 1. The smallest absolute Gasteiger partial charge is 0.408 e. The molecule has 176 valence electrons. The third-order valence-electron chi connectivity index (χ3n) is 6.29. The van der Waals surface area contributed by atoms with Crippen LogP contribution in [-0.4, -0.2) is 36.3 Å². The lowest BCUT2D eigenvalue weighted by Gasteiger charge is -2.34. The van der Waals surface area contributed by atoms with Gasteiger partial charge in [0.15, 0.2) is 5.58 Å². The summed E-state index contributed by atoms with van der Waals surface area (Å²) < 4.78 is 34.4. The molecule has 8 nitrogen and oxygen atoms in total. The molecule has 9 heteroatoms. The number of fused-ring (bicyclic) bond motifs is 1. The summed E-state index contributed by atoms with van der Waals surface area (Å²) in [5, 5.41) is 2.83. The number of oxazole rings is 1. The molecule has 1 aliphatic heterocycles. The van der Waals surface area contributed by atoms with E-state index in [-0.39, 0.29) is 34.8 Å². The molecule has 1 aliphatic rings. The van der Waals surface area contributed by atoms with Gasteiger partial charge in [-0.15, -0.1) is 0 Å². The van der Waals surface area contributed by atoms with E-state index in [1.165, 1.54) is 27.1 Å². The number of benzene rings is 2. The predicted octanol–water partition coefficient (Wildman–Crippen LogP) is 3.52. The molecule has 1 saturated heterocycles. The number of amides is 1. The highest BCUT2D eigenvalue weighted by atomic mass is 32.2. The first-order chi connectivity index (χ1) is 15.6. The molecule has 0 aliphatic carbocycles. The second kappa shape index (κ2) is 8.79. The summed E-state index contributed by atoms with van der Waals surface area (Å²) in [7, 11) is -3.71. The molecule has 2 aromatic carbocycles. The van der Waals surface area contributed by atoms with Crippen molar-refractivity contribution in [2.45, 2.75) is 45.6 Å². The quantitative estimate of drug-likeness (QED) is 0.614. The Hall–Kier alpha value is -2.91. The van der Waals surface area contributed by atoms with Crippen LogP contribution in [0.4, 0.5) is 5.69 Å². The Labute approximate surface area is 193 Å². The molecule has 0 radical (unpaired) electrons. The Morgan fingerprint density at radius 2 is 1.82 bits per heavy atom. The van der Waals surface area contributed by atoms with Crippen molar-refractivity contribution in [3.05, 3.63) is 58.1 Å². The molecule has 1 amide bonds. The Balaban J connectivity index is 1.59. The maximum atomic E-state index is 13.2. The zero-order valence-corrected chi connectivity index (χ0v) is 20.1. The number of anilines is 1. The number of hydrogen-bond donors (Lipinski definition) is 1. The van der Waals surface area contributed by atoms with Gasteiger partial charge in [0.25, 0.3) is 0 Å². The molecule has 2 atom stereocenters. The van der Waals surface area contributed by atoms with Gasteiger partial charge in [-0.1, -0.05) is 26.0 Å². The Kier molecular flexibility index (Phi) is 6.20. The van der Waals surface area contributed by atoms with Crippen LogP contribution >= 0.6 is 0 Å². The second-order valence-electron chi connectivity index (χ2n) is 9.15. The summed E-state index contributed by atoms with van der Waals surface area (Å²) in [6.07, 6.45) is 0.993. The van der Waals surface area contributed by atoms with Crippen LogP contribution in [0.3, 0.4) is 0 Å². The molecule has 2 unspecified atom stereocenters. The van der Waals surface area contributed by atoms with Crippen LogP contribution in [0.15, 0.2) is 50.5 Å². The van der Waals surface area contributed by atoms with Crippen LogP contribution in [0.25, 0.3) is 11.1 Å². The van der Waals surface area contributed by atoms with E-state index in [1.807, 2.05) is 39.8 Å². The fourth-order valence-electron chi connectivity index (χ4n) is 4.53. The summed E-state index contributed by atoms with van der Waals surface area (Å²) >= 11 is 0. The summed E-state index contributed by atoms with van der Waals surface area (Å²) in [5.41, 5.74) is 3.18. The van der Waals surface area contributed by atoms with Gasteiger partial charge in [-0.05, 0) is 61.4 Å². The molecule has 2 heterocycles. The van der Waals surface area contributed by atoms with Crippen molar-refractivity contribution in [3.8, 4) is 0 Å². The van der Waals surface area contributed by atoms with Gasteiger partial charge in [0.1, 0.15) is 6.54 Å². The minimum absolute atomic E-state index is 0.0806. The highest BCUT2D eigenvalue weighted by Gasteiger charge is 2.32. The third-order valence-corrected chi connectivity index (χ3v) is 8.12. The van der Waals surface area contributed by atoms with Crippen molar-refractivity contribution in [1.29, 1.82) is 0 Å². The van der Waals surface area contributed by atoms with E-state index in [2.05, 4.69) is 5.32 Å². The van der Waals surface area contributed by atoms with Gasteiger partial charge >= 0.3 is 5.76 Å². The number of rotatable bonds is 5. The SMILES string of the molecule is Cc1cccc(NC(=O)Cn2c(=O)oc3cc(S(=O)(=O)N4CC(C)CC(C)C4)ccc32)c1C. The van der Waals surface area contributed by atoms with Crippen molar-refractivity contribution >= 4 is 32.7 Å². The maximum Gasteiger partial charge on any atom is 0.420 e. The summed E-state index contributed by atoms with van der Waals surface area (Å²) in [5.74, 6) is -0.527. The van der Waals surface area contributed by atoms with E-state index >= 15 is 0 Å². The highest BCUT2D eigenvalue weighted by Crippen LogP contribution is 2.28. The molecule has 1 aromatic heterocycles. The number of piperidine rings is 1. The number of sulfonamides is 1. The van der Waals surface area contributed by atoms with Crippen molar-refractivity contribution in [2.75, 3.05) is 18.4 Å². The lowest BCUT2D eigenvalue weighted by Crippen LogP contribution is -2.42. The van der Waals surface area contributed by atoms with E-state index < -0.39 is 15.8 Å². The summed E-state index contributed by atoms with van der Waals surface area (Å²) in [6, 6.07) is 9.97. The average Bonchev–Trinajstić information content (AvgIpc) is 3.05. The average molecular weight is 472 g/mol. The molecule has 0 spiro atoms. The topological polar surface area (TPSA) is 102 Å². The van der Waals surface area contributed by atoms with E-state index in [0.717, 1.165) is 17.5 Å². The van der Waals surface area contributed by atoms with Gasteiger partial charge in [-0.25, -0.2) is 13.2 Å². The Bertz CT molecular complexity index is 1360. The number of nitrogens with zero attached hydrogens (tertiary/aromatic N) is 2. The monoisotopic (exact) mass is 471 g/mol. The van der Waals surface area contributed by atoms with Gasteiger partial charge in [-0.3, -0.25) is 9.36 Å². The van der Waals surface area contributed by atoms with Crippen molar-refractivity contribution < 1.29 is 17.6 Å². The highest BCUT2D eigenvalue weighted by molar-refractivity contribution is 7.89. The van der Waals surface area contributed by atoms with Gasteiger partial charge < -0.3 is 9.73 Å². The van der Waals surface area contributed by atoms with E-state index in [9.17, 15) is 18.0 Å². The normalized spacial score (nSPS) is 19.6. The van der Waals surface area contributed by atoms with Crippen LogP contribution in [0, 0.1) is 25.7 Å². The minimum Gasteiger partial charge on any atom is -0.408 e. The minimum atomic E-state index is -3.71. The van der Waals surface area contributed by atoms with Crippen LogP contribution in [0.5, 0.6) is 0 Å². The largest absolute Gasteiger partial charge is 0.420 e. The Morgan fingerprint density at radius 1 is 1.12 bits per heavy atom. The molecule has 4 rings (SSSR count). The predicted molar refractivity (Wildman–Crippen MR) is 127 cm³/mol.